The van der Waals surface area contributed by atoms with E-state index in [4.69, 9.17) is 0 Å². The Labute approximate surface area is 402 Å². The molecule has 322 valence electrons. The lowest BCUT2D eigenvalue weighted by Crippen LogP contribution is -2.28. The lowest BCUT2D eigenvalue weighted by Gasteiger charge is -2.37. The van der Waals surface area contributed by atoms with Crippen molar-refractivity contribution in [1.82, 2.24) is 4.57 Å². The van der Waals surface area contributed by atoms with Crippen LogP contribution in [0.3, 0.4) is 0 Å². The molecule has 1 spiro atoms. The maximum Gasteiger partial charge on any atom is 0.0746 e. The highest BCUT2D eigenvalue weighted by Gasteiger charge is 2.53. The van der Waals surface area contributed by atoms with Gasteiger partial charge in [0, 0.05) is 39.0 Å². The van der Waals surface area contributed by atoms with E-state index in [0.29, 0.717) is 0 Å². The van der Waals surface area contributed by atoms with Crippen LogP contribution in [0, 0.1) is 0 Å². The molecule has 2 aliphatic carbocycles. The molecule has 0 bridgehead atoms. The highest BCUT2D eigenvalue weighted by atomic mass is 15.1. The van der Waals surface area contributed by atoms with E-state index in [2.05, 4.69) is 276 Å². The minimum atomic E-state index is -0.590. The molecule has 0 atom stereocenters. The summed E-state index contributed by atoms with van der Waals surface area (Å²) in [6, 6.07) is 98.7. The van der Waals surface area contributed by atoms with E-state index in [1.165, 1.54) is 99.8 Å². The lowest BCUT2D eigenvalue weighted by atomic mass is 9.69. The number of anilines is 3. The Morgan fingerprint density at radius 1 is 0.290 bits per heavy atom. The molecular weight excluding hydrogens is 833 g/mol. The molecule has 0 unspecified atom stereocenters. The van der Waals surface area contributed by atoms with Gasteiger partial charge in [-0.3, -0.25) is 0 Å². The van der Waals surface area contributed by atoms with Gasteiger partial charge in [0.25, 0.3) is 0 Å². The monoisotopic (exact) mass is 876 g/mol. The molecule has 0 N–H and O–H groups in total. The summed E-state index contributed by atoms with van der Waals surface area (Å²) in [5, 5.41) is 2.44. The zero-order chi connectivity index (χ0) is 45.5. The normalized spacial score (nSPS) is 12.8. The standard InChI is InChI=1S/C67H44N2/c1-4-18-45(19-5-1)47-32-37-51(38-33-47)68(50-22-8-3-9-23-50)66-53(41-42-58-56-26-12-16-30-62(56)67(65(58)66)60-28-14-10-24-54(60)55-25-11-15-29-61(55)67)49-36-43-64-59(44-49)57-27-13-17-31-63(57)69(64)52-39-34-48(35-40-52)46-20-6-2-7-21-46/h1-44H. The predicted molar refractivity (Wildman–Crippen MR) is 288 cm³/mol. The Morgan fingerprint density at radius 2 is 0.725 bits per heavy atom. The average Bonchev–Trinajstić information content (AvgIpc) is 4.04. The van der Waals surface area contributed by atoms with Gasteiger partial charge < -0.3 is 9.47 Å². The van der Waals surface area contributed by atoms with Crippen LogP contribution in [0.4, 0.5) is 17.1 Å². The smallest absolute Gasteiger partial charge is 0.0746 e. The number of aromatic nitrogens is 1. The number of hydrogen-bond donors (Lipinski definition) is 0. The molecule has 0 fully saturated rings. The number of nitrogens with zero attached hydrogens (tertiary/aromatic N) is 2. The van der Waals surface area contributed by atoms with Crippen molar-refractivity contribution in [2.24, 2.45) is 0 Å². The van der Waals surface area contributed by atoms with Crippen molar-refractivity contribution < 1.29 is 0 Å². The van der Waals surface area contributed by atoms with Gasteiger partial charge in [0.15, 0.2) is 0 Å². The Balaban J connectivity index is 1.07. The average molecular weight is 877 g/mol. The van der Waals surface area contributed by atoms with Gasteiger partial charge in [0.2, 0.25) is 0 Å². The number of benzene rings is 11. The zero-order valence-corrected chi connectivity index (χ0v) is 37.8. The molecule has 12 aromatic rings. The summed E-state index contributed by atoms with van der Waals surface area (Å²) in [4.78, 5) is 2.54. The summed E-state index contributed by atoms with van der Waals surface area (Å²) in [5.41, 5.74) is 23.8. The molecule has 1 aromatic heterocycles. The van der Waals surface area contributed by atoms with E-state index < -0.39 is 5.41 Å². The van der Waals surface area contributed by atoms with Crippen LogP contribution < -0.4 is 4.90 Å². The zero-order valence-electron chi connectivity index (χ0n) is 37.8. The summed E-state index contributed by atoms with van der Waals surface area (Å²) in [6.45, 7) is 0. The molecule has 2 nitrogen and oxygen atoms in total. The van der Waals surface area contributed by atoms with Crippen LogP contribution in [-0.2, 0) is 5.41 Å². The first kappa shape index (κ1) is 39.2. The van der Waals surface area contributed by atoms with Gasteiger partial charge in [-0.15, -0.1) is 0 Å². The Morgan fingerprint density at radius 3 is 1.33 bits per heavy atom. The molecule has 11 aromatic carbocycles. The summed E-state index contributed by atoms with van der Waals surface area (Å²) < 4.78 is 2.43. The van der Waals surface area contributed by atoms with Crippen molar-refractivity contribution in [1.29, 1.82) is 0 Å². The van der Waals surface area contributed by atoms with Crippen LogP contribution in [0.25, 0.3) is 83.1 Å². The first-order chi connectivity index (χ1) is 34.3. The molecule has 0 amide bonds. The summed E-state index contributed by atoms with van der Waals surface area (Å²) >= 11 is 0. The Bertz CT molecular complexity index is 3860. The van der Waals surface area contributed by atoms with Crippen LogP contribution in [0.1, 0.15) is 22.3 Å². The second-order valence-corrected chi connectivity index (χ2v) is 18.4. The van der Waals surface area contributed by atoms with E-state index in [-0.39, 0.29) is 0 Å². The molecule has 69 heavy (non-hydrogen) atoms. The van der Waals surface area contributed by atoms with Gasteiger partial charge in [-0.1, -0.05) is 212 Å². The van der Waals surface area contributed by atoms with Crippen LogP contribution >= 0.6 is 0 Å². The van der Waals surface area contributed by atoms with E-state index in [1.54, 1.807) is 0 Å². The fourth-order valence-corrected chi connectivity index (χ4v) is 11.9. The third-order valence-corrected chi connectivity index (χ3v) is 14.8. The highest BCUT2D eigenvalue weighted by molar-refractivity contribution is 6.12. The molecule has 2 heteroatoms. The van der Waals surface area contributed by atoms with E-state index in [0.717, 1.165) is 22.6 Å². The molecule has 1 heterocycles. The maximum absolute atomic E-state index is 2.54. The van der Waals surface area contributed by atoms with Crippen molar-refractivity contribution in [3.8, 4) is 61.3 Å². The minimum Gasteiger partial charge on any atom is -0.310 e. The van der Waals surface area contributed by atoms with Crippen molar-refractivity contribution in [3.63, 3.8) is 0 Å². The van der Waals surface area contributed by atoms with Crippen molar-refractivity contribution >= 4 is 38.9 Å². The maximum atomic E-state index is 2.54. The van der Waals surface area contributed by atoms with E-state index in [9.17, 15) is 0 Å². The molecular formula is C67H44N2. The molecule has 0 radical (unpaired) electrons. The largest absolute Gasteiger partial charge is 0.310 e. The Hall–Kier alpha value is -8.98. The van der Waals surface area contributed by atoms with Crippen molar-refractivity contribution in [2.45, 2.75) is 5.41 Å². The Kier molecular flexibility index (Phi) is 8.84. The first-order valence-corrected chi connectivity index (χ1v) is 23.9. The second kappa shape index (κ2) is 15.6. The van der Waals surface area contributed by atoms with Gasteiger partial charge in [0.05, 0.1) is 22.1 Å². The van der Waals surface area contributed by atoms with Crippen LogP contribution in [-0.4, -0.2) is 4.57 Å². The fourth-order valence-electron chi connectivity index (χ4n) is 11.9. The first-order valence-electron chi connectivity index (χ1n) is 23.9. The van der Waals surface area contributed by atoms with Crippen molar-refractivity contribution in [2.75, 3.05) is 4.90 Å². The quantitative estimate of drug-likeness (QED) is 0.155. The van der Waals surface area contributed by atoms with Gasteiger partial charge in [-0.2, -0.15) is 0 Å². The summed E-state index contributed by atoms with van der Waals surface area (Å²) in [5.74, 6) is 0. The number of fused-ring (bicyclic) bond motifs is 13. The number of hydrogen-bond acceptors (Lipinski definition) is 1. The van der Waals surface area contributed by atoms with Crippen molar-refractivity contribution in [3.05, 3.63) is 289 Å². The molecule has 2 aliphatic rings. The van der Waals surface area contributed by atoms with Crippen LogP contribution in [0.2, 0.25) is 0 Å². The summed E-state index contributed by atoms with van der Waals surface area (Å²) in [7, 11) is 0. The number of rotatable bonds is 7. The molecule has 0 aliphatic heterocycles. The van der Waals surface area contributed by atoms with Crippen LogP contribution in [0.15, 0.2) is 267 Å². The van der Waals surface area contributed by atoms with Crippen LogP contribution in [0.5, 0.6) is 0 Å². The van der Waals surface area contributed by atoms with E-state index >= 15 is 0 Å². The SMILES string of the molecule is c1ccc(-c2ccc(N(c3ccccc3)c3c(-c4ccc5c(c4)c4ccccc4n5-c4ccc(-c5ccccc5)cc4)ccc4c3C3(c5ccccc5-c5ccccc53)c3ccccc3-4)cc2)cc1. The molecule has 0 saturated carbocycles. The van der Waals surface area contributed by atoms with E-state index in [1.807, 2.05) is 0 Å². The second-order valence-electron chi connectivity index (χ2n) is 18.4. The van der Waals surface area contributed by atoms with Gasteiger partial charge >= 0.3 is 0 Å². The van der Waals surface area contributed by atoms with Gasteiger partial charge in [-0.25, -0.2) is 0 Å². The minimum absolute atomic E-state index is 0.590. The third kappa shape index (κ3) is 5.86. The lowest BCUT2D eigenvalue weighted by molar-refractivity contribution is 0.793. The third-order valence-electron chi connectivity index (χ3n) is 14.8. The fraction of sp³-hybridized carbons (Fsp3) is 0.0149. The summed E-state index contributed by atoms with van der Waals surface area (Å²) in [6.07, 6.45) is 0. The predicted octanol–water partition coefficient (Wildman–Crippen LogP) is 17.6. The topological polar surface area (TPSA) is 8.17 Å². The molecule has 14 rings (SSSR count). The molecule has 0 saturated heterocycles. The van der Waals surface area contributed by atoms with Gasteiger partial charge in [-0.05, 0) is 121 Å². The van der Waals surface area contributed by atoms with Gasteiger partial charge in [0.1, 0.15) is 0 Å². The number of para-hydroxylation sites is 2. The highest BCUT2D eigenvalue weighted by Crippen LogP contribution is 2.66.